The summed E-state index contributed by atoms with van der Waals surface area (Å²) in [5, 5.41) is 11.6. The van der Waals surface area contributed by atoms with Gasteiger partial charge in [0.1, 0.15) is 5.75 Å². The molecule has 0 saturated heterocycles. The van der Waals surface area contributed by atoms with Gasteiger partial charge < -0.3 is 15.2 Å². The average molecular weight is 331 g/mol. The Labute approximate surface area is 142 Å². The zero-order valence-electron chi connectivity index (χ0n) is 13.9. The second-order valence-electron chi connectivity index (χ2n) is 6.86. The van der Waals surface area contributed by atoms with Crippen molar-refractivity contribution >= 4 is 11.9 Å². The number of carboxylic acid groups (broad SMARTS) is 1. The summed E-state index contributed by atoms with van der Waals surface area (Å²) in [5.41, 5.74) is 1.17. The third-order valence-electron chi connectivity index (χ3n) is 5.24. The zero-order valence-corrected chi connectivity index (χ0v) is 13.9. The molecule has 0 radical (unpaired) electrons. The molecule has 2 aliphatic rings. The molecule has 5 nitrogen and oxygen atoms in total. The van der Waals surface area contributed by atoms with Crippen molar-refractivity contribution in [2.24, 2.45) is 5.92 Å². The Bertz CT molecular complexity index is 615. The summed E-state index contributed by atoms with van der Waals surface area (Å²) >= 11 is 0. The first-order valence-electron chi connectivity index (χ1n) is 8.85. The number of carbonyl (C=O) groups excluding carboxylic acids is 1. The van der Waals surface area contributed by atoms with E-state index >= 15 is 0 Å². The summed E-state index contributed by atoms with van der Waals surface area (Å²) in [5.74, 6) is 0.406. The molecule has 1 saturated carbocycles. The van der Waals surface area contributed by atoms with Crippen LogP contribution in [-0.2, 0) is 15.0 Å². The van der Waals surface area contributed by atoms with E-state index in [1.54, 1.807) is 0 Å². The molecule has 0 aromatic heterocycles. The van der Waals surface area contributed by atoms with Crippen LogP contribution < -0.4 is 10.1 Å². The van der Waals surface area contributed by atoms with Crippen molar-refractivity contribution in [1.82, 2.24) is 5.32 Å². The fraction of sp³-hybridized carbons (Fsp3) is 0.579. The highest BCUT2D eigenvalue weighted by atomic mass is 16.5. The molecule has 1 heterocycles. The molecule has 1 fully saturated rings. The minimum absolute atomic E-state index is 0.0135. The second-order valence-corrected chi connectivity index (χ2v) is 6.86. The van der Waals surface area contributed by atoms with E-state index in [0.717, 1.165) is 37.9 Å². The monoisotopic (exact) mass is 331 g/mol. The van der Waals surface area contributed by atoms with E-state index < -0.39 is 5.97 Å². The number of unbranched alkanes of at least 4 members (excludes halogenated alkanes) is 3. The molecule has 130 valence electrons. The molecule has 3 rings (SSSR count). The van der Waals surface area contributed by atoms with Crippen LogP contribution in [0.15, 0.2) is 24.3 Å². The summed E-state index contributed by atoms with van der Waals surface area (Å²) in [7, 11) is 0. The van der Waals surface area contributed by atoms with Gasteiger partial charge in [-0.1, -0.05) is 31.0 Å². The number of fused-ring (bicyclic) bond motifs is 2. The van der Waals surface area contributed by atoms with E-state index in [-0.39, 0.29) is 23.7 Å². The number of rotatable bonds is 8. The Hall–Kier alpha value is -2.04. The van der Waals surface area contributed by atoms with Crippen LogP contribution in [0, 0.1) is 5.92 Å². The number of carbonyl (C=O) groups is 2. The van der Waals surface area contributed by atoms with Crippen molar-refractivity contribution in [3.05, 3.63) is 29.8 Å². The summed E-state index contributed by atoms with van der Waals surface area (Å²) in [6.07, 6.45) is 5.55. The Kier molecular flexibility index (Phi) is 5.07. The van der Waals surface area contributed by atoms with Crippen LogP contribution in [0.3, 0.4) is 0 Å². The fourth-order valence-corrected chi connectivity index (χ4v) is 3.79. The quantitative estimate of drug-likeness (QED) is 0.718. The number of benzene rings is 1. The first kappa shape index (κ1) is 16.8. The van der Waals surface area contributed by atoms with Gasteiger partial charge in [-0.15, -0.1) is 0 Å². The van der Waals surface area contributed by atoms with Crippen molar-refractivity contribution < 1.29 is 19.4 Å². The molecule has 2 atom stereocenters. The van der Waals surface area contributed by atoms with Gasteiger partial charge in [-0.2, -0.15) is 0 Å². The van der Waals surface area contributed by atoms with E-state index in [2.05, 4.69) is 11.4 Å². The molecular formula is C19H25NO4. The fourth-order valence-electron chi connectivity index (χ4n) is 3.79. The lowest BCUT2D eigenvalue weighted by Crippen LogP contribution is -2.31. The highest BCUT2D eigenvalue weighted by molar-refractivity contribution is 5.84. The van der Waals surface area contributed by atoms with Crippen molar-refractivity contribution in [3.63, 3.8) is 0 Å². The molecule has 24 heavy (non-hydrogen) atoms. The largest absolute Gasteiger partial charge is 0.493 e. The molecule has 0 unspecified atom stereocenters. The van der Waals surface area contributed by atoms with Gasteiger partial charge in [-0.05, 0) is 31.7 Å². The maximum absolute atomic E-state index is 12.4. The van der Waals surface area contributed by atoms with Crippen LogP contribution in [0.2, 0.25) is 0 Å². The molecule has 1 aliphatic carbocycles. The number of nitrogens with one attached hydrogen (secondary N) is 1. The van der Waals surface area contributed by atoms with Gasteiger partial charge in [-0.3, -0.25) is 9.59 Å². The highest BCUT2D eigenvalue weighted by Crippen LogP contribution is 2.60. The van der Waals surface area contributed by atoms with Crippen LogP contribution in [0.4, 0.5) is 0 Å². The number of hydrogen-bond acceptors (Lipinski definition) is 3. The van der Waals surface area contributed by atoms with Crippen molar-refractivity contribution in [2.75, 3.05) is 13.2 Å². The minimum atomic E-state index is -0.737. The van der Waals surface area contributed by atoms with E-state index in [1.165, 1.54) is 5.56 Å². The van der Waals surface area contributed by atoms with Crippen LogP contribution in [0.25, 0.3) is 0 Å². The lowest BCUT2D eigenvalue weighted by molar-refractivity contribution is -0.137. The van der Waals surface area contributed by atoms with E-state index in [1.807, 2.05) is 18.2 Å². The molecule has 1 aliphatic heterocycles. The van der Waals surface area contributed by atoms with Crippen molar-refractivity contribution in [3.8, 4) is 5.75 Å². The Morgan fingerprint density at radius 2 is 2.00 bits per heavy atom. The Balaban J connectivity index is 1.41. The topological polar surface area (TPSA) is 75.6 Å². The lowest BCUT2D eigenvalue weighted by Gasteiger charge is -2.26. The van der Waals surface area contributed by atoms with Gasteiger partial charge in [0.15, 0.2) is 0 Å². The van der Waals surface area contributed by atoms with Gasteiger partial charge in [0.25, 0.3) is 0 Å². The Morgan fingerprint density at radius 1 is 1.21 bits per heavy atom. The van der Waals surface area contributed by atoms with Crippen LogP contribution >= 0.6 is 0 Å². The van der Waals surface area contributed by atoms with E-state index in [9.17, 15) is 9.59 Å². The molecule has 5 heteroatoms. The smallest absolute Gasteiger partial charge is 0.303 e. The zero-order chi connectivity index (χ0) is 17.0. The molecule has 1 spiro atoms. The van der Waals surface area contributed by atoms with Crippen molar-refractivity contribution in [1.29, 1.82) is 0 Å². The van der Waals surface area contributed by atoms with Crippen molar-refractivity contribution in [2.45, 2.75) is 50.4 Å². The molecule has 1 amide bonds. The first-order chi connectivity index (χ1) is 11.6. The molecule has 1 aromatic rings. The summed E-state index contributed by atoms with van der Waals surface area (Å²) in [6, 6.07) is 8.06. The van der Waals surface area contributed by atoms with Crippen LogP contribution in [-0.4, -0.2) is 30.1 Å². The number of amides is 1. The summed E-state index contributed by atoms with van der Waals surface area (Å²) in [4.78, 5) is 22.9. The number of hydrogen-bond donors (Lipinski definition) is 2. The predicted molar refractivity (Wildman–Crippen MR) is 90.1 cm³/mol. The number of aliphatic carboxylic acids is 1. The summed E-state index contributed by atoms with van der Waals surface area (Å²) < 4.78 is 5.71. The first-order valence-corrected chi connectivity index (χ1v) is 8.85. The van der Waals surface area contributed by atoms with Gasteiger partial charge in [0.05, 0.1) is 6.61 Å². The normalized spacial score (nSPS) is 24.1. The minimum Gasteiger partial charge on any atom is -0.493 e. The highest BCUT2D eigenvalue weighted by Gasteiger charge is 2.60. The second kappa shape index (κ2) is 7.24. The average Bonchev–Trinajstić information content (AvgIpc) is 3.29. The Morgan fingerprint density at radius 3 is 2.83 bits per heavy atom. The predicted octanol–water partition coefficient (Wildman–Crippen LogP) is 2.88. The van der Waals surface area contributed by atoms with Gasteiger partial charge in [-0.25, -0.2) is 0 Å². The maximum Gasteiger partial charge on any atom is 0.303 e. The molecule has 1 aromatic carbocycles. The standard InChI is InChI=1S/C19H25NO4/c21-17(22)9-3-1-2-6-11-20-18(23)15-13-19(15)10-12-24-16-8-5-4-7-14(16)19/h4-5,7-8,15H,1-3,6,9-13H2,(H,20,23)(H,21,22)/t15-,19-/m0/s1. The van der Waals surface area contributed by atoms with E-state index in [4.69, 9.17) is 9.84 Å². The summed E-state index contributed by atoms with van der Waals surface area (Å²) in [6.45, 7) is 1.36. The SMILES string of the molecule is O=C(O)CCCCCCNC(=O)[C@@H]1C[C@]12CCOc1ccccc12. The number of carboxylic acids is 1. The number of ether oxygens (including phenoxy) is 1. The third kappa shape index (κ3) is 3.55. The third-order valence-corrected chi connectivity index (χ3v) is 5.24. The van der Waals surface area contributed by atoms with Gasteiger partial charge in [0.2, 0.25) is 5.91 Å². The molecular weight excluding hydrogens is 306 g/mol. The lowest BCUT2D eigenvalue weighted by atomic mass is 9.87. The van der Waals surface area contributed by atoms with Crippen LogP contribution in [0.1, 0.15) is 50.5 Å². The van der Waals surface area contributed by atoms with Crippen LogP contribution in [0.5, 0.6) is 5.75 Å². The van der Waals surface area contributed by atoms with Gasteiger partial charge in [0, 0.05) is 29.9 Å². The van der Waals surface area contributed by atoms with Gasteiger partial charge >= 0.3 is 5.97 Å². The molecule has 2 N–H and O–H groups in total. The molecule has 0 bridgehead atoms. The van der Waals surface area contributed by atoms with E-state index in [0.29, 0.717) is 19.6 Å². The number of para-hydroxylation sites is 1. The maximum atomic E-state index is 12.4.